The Bertz CT molecular complexity index is 1220. The number of thiocarbonyl (C=S) groups is 1. The summed E-state index contributed by atoms with van der Waals surface area (Å²) in [6.07, 6.45) is 2.50. The van der Waals surface area contributed by atoms with Gasteiger partial charge in [-0.1, -0.05) is 6.07 Å². The van der Waals surface area contributed by atoms with Gasteiger partial charge in [-0.3, -0.25) is 4.98 Å². The molecule has 0 atom stereocenters. The number of rotatable bonds is 8. The molecule has 2 aromatic heterocycles. The van der Waals surface area contributed by atoms with Gasteiger partial charge in [0, 0.05) is 35.0 Å². The van der Waals surface area contributed by atoms with Gasteiger partial charge in [0.15, 0.2) is 5.11 Å². The molecule has 33 heavy (non-hydrogen) atoms. The average molecular weight is 463 g/mol. The number of benzene rings is 2. The van der Waals surface area contributed by atoms with Crippen LogP contribution < -0.4 is 10.1 Å². The van der Waals surface area contributed by atoms with Gasteiger partial charge in [0.25, 0.3) is 0 Å². The first-order valence-corrected chi connectivity index (χ1v) is 11.4. The molecule has 4 aromatic rings. The van der Waals surface area contributed by atoms with Crippen LogP contribution in [0.15, 0.2) is 66.9 Å². The largest absolute Gasteiger partial charge is 0.494 e. The molecule has 0 saturated heterocycles. The summed E-state index contributed by atoms with van der Waals surface area (Å²) in [5.41, 5.74) is 4.89. The molecule has 2 aromatic carbocycles. The number of halogens is 1. The third-order valence-electron chi connectivity index (χ3n) is 5.50. The van der Waals surface area contributed by atoms with Gasteiger partial charge in [-0.15, -0.1) is 0 Å². The van der Waals surface area contributed by atoms with Crippen molar-refractivity contribution in [1.29, 1.82) is 0 Å². The van der Waals surface area contributed by atoms with E-state index in [0.29, 0.717) is 31.2 Å². The lowest BCUT2D eigenvalue weighted by Crippen LogP contribution is -2.36. The summed E-state index contributed by atoms with van der Waals surface area (Å²) in [6.45, 7) is 5.83. The van der Waals surface area contributed by atoms with Crippen LogP contribution in [-0.2, 0) is 13.0 Å². The zero-order valence-electron chi connectivity index (χ0n) is 18.8. The van der Waals surface area contributed by atoms with E-state index >= 15 is 0 Å². The third-order valence-corrected chi connectivity index (χ3v) is 5.86. The van der Waals surface area contributed by atoms with Crippen LogP contribution in [0.1, 0.15) is 23.9 Å². The standard InChI is InChI=1S/C26H27FN4OS/c1-3-32-22-10-8-20(9-11-22)30-26(33)31(17-21-6-4-5-14-28-21)15-13-23-18(2)29-25-12-7-19(27)16-24(23)25/h4-12,14,16,29H,3,13,15,17H2,1-2H3,(H,30,33). The zero-order valence-corrected chi connectivity index (χ0v) is 19.6. The molecule has 0 bridgehead atoms. The number of aromatic nitrogens is 2. The first-order chi connectivity index (χ1) is 16.0. The Labute approximate surface area is 198 Å². The maximum Gasteiger partial charge on any atom is 0.173 e. The Kier molecular flexibility index (Phi) is 7.19. The summed E-state index contributed by atoms with van der Waals surface area (Å²) in [6, 6.07) is 18.4. The van der Waals surface area contributed by atoms with E-state index in [-0.39, 0.29) is 5.82 Å². The summed E-state index contributed by atoms with van der Waals surface area (Å²) in [5, 5.41) is 4.85. The van der Waals surface area contributed by atoms with Crippen molar-refractivity contribution in [2.24, 2.45) is 0 Å². The number of H-pyrrole nitrogens is 1. The van der Waals surface area contributed by atoms with E-state index in [1.807, 2.05) is 56.3 Å². The van der Waals surface area contributed by atoms with Crippen LogP contribution in [0.5, 0.6) is 5.75 Å². The first-order valence-electron chi connectivity index (χ1n) is 11.0. The van der Waals surface area contributed by atoms with Crippen molar-refractivity contribution in [3.8, 4) is 5.75 Å². The first kappa shape index (κ1) is 22.7. The lowest BCUT2D eigenvalue weighted by atomic mass is 10.1. The second-order valence-electron chi connectivity index (χ2n) is 7.80. The van der Waals surface area contributed by atoms with Gasteiger partial charge < -0.3 is 19.9 Å². The second kappa shape index (κ2) is 10.4. The Morgan fingerprint density at radius 2 is 1.97 bits per heavy atom. The summed E-state index contributed by atoms with van der Waals surface area (Å²) in [4.78, 5) is 9.91. The maximum atomic E-state index is 13.9. The van der Waals surface area contributed by atoms with Crippen molar-refractivity contribution in [3.63, 3.8) is 0 Å². The highest BCUT2D eigenvalue weighted by Gasteiger charge is 2.15. The van der Waals surface area contributed by atoms with Crippen LogP contribution in [0, 0.1) is 12.7 Å². The van der Waals surface area contributed by atoms with E-state index in [1.54, 1.807) is 18.3 Å². The highest BCUT2D eigenvalue weighted by Crippen LogP contribution is 2.24. The van der Waals surface area contributed by atoms with Gasteiger partial charge in [0.2, 0.25) is 0 Å². The van der Waals surface area contributed by atoms with Crippen LogP contribution in [-0.4, -0.2) is 33.1 Å². The van der Waals surface area contributed by atoms with Crippen LogP contribution >= 0.6 is 12.2 Å². The normalized spacial score (nSPS) is 10.9. The molecule has 2 heterocycles. The fraction of sp³-hybridized carbons (Fsp3) is 0.231. The number of aryl methyl sites for hydroxylation is 1. The molecule has 0 aliphatic heterocycles. The summed E-state index contributed by atoms with van der Waals surface area (Å²) < 4.78 is 19.4. The third kappa shape index (κ3) is 5.68. The Hall–Kier alpha value is -3.45. The van der Waals surface area contributed by atoms with Crippen LogP contribution in [0.4, 0.5) is 10.1 Å². The predicted octanol–water partition coefficient (Wildman–Crippen LogP) is 5.85. The lowest BCUT2D eigenvalue weighted by Gasteiger charge is -2.26. The van der Waals surface area contributed by atoms with Crippen molar-refractivity contribution in [2.75, 3.05) is 18.5 Å². The van der Waals surface area contributed by atoms with E-state index in [9.17, 15) is 4.39 Å². The Morgan fingerprint density at radius 1 is 1.15 bits per heavy atom. The Morgan fingerprint density at radius 3 is 2.70 bits per heavy atom. The number of pyridine rings is 1. The van der Waals surface area contributed by atoms with Crippen molar-refractivity contribution >= 4 is 33.9 Å². The molecule has 7 heteroatoms. The predicted molar refractivity (Wildman–Crippen MR) is 135 cm³/mol. The van der Waals surface area contributed by atoms with Crippen LogP contribution in [0.2, 0.25) is 0 Å². The van der Waals surface area contributed by atoms with Crippen molar-refractivity contribution in [1.82, 2.24) is 14.9 Å². The van der Waals surface area contributed by atoms with E-state index in [2.05, 4.69) is 20.2 Å². The maximum absolute atomic E-state index is 13.9. The van der Waals surface area contributed by atoms with Gasteiger partial charge in [-0.2, -0.15) is 0 Å². The lowest BCUT2D eigenvalue weighted by molar-refractivity contribution is 0.340. The van der Waals surface area contributed by atoms with Gasteiger partial charge in [-0.25, -0.2) is 4.39 Å². The number of fused-ring (bicyclic) bond motifs is 1. The number of anilines is 1. The van der Waals surface area contributed by atoms with Gasteiger partial charge >= 0.3 is 0 Å². The van der Waals surface area contributed by atoms with Crippen LogP contribution in [0.3, 0.4) is 0 Å². The molecular weight excluding hydrogens is 435 g/mol. The SMILES string of the molecule is CCOc1ccc(NC(=S)N(CCc2c(C)[nH]c3ccc(F)cc23)Cc2ccccn2)cc1. The molecule has 4 rings (SSSR count). The summed E-state index contributed by atoms with van der Waals surface area (Å²) in [5.74, 6) is 0.585. The van der Waals surface area contributed by atoms with E-state index < -0.39 is 0 Å². The second-order valence-corrected chi connectivity index (χ2v) is 8.19. The topological polar surface area (TPSA) is 53.2 Å². The fourth-order valence-corrected chi connectivity index (χ4v) is 4.14. The molecule has 0 spiro atoms. The van der Waals surface area contributed by atoms with Gasteiger partial charge in [-0.05, 0) is 92.6 Å². The minimum absolute atomic E-state index is 0.235. The zero-order chi connectivity index (χ0) is 23.2. The molecule has 0 fully saturated rings. The Balaban J connectivity index is 1.53. The highest BCUT2D eigenvalue weighted by molar-refractivity contribution is 7.80. The van der Waals surface area contributed by atoms with Gasteiger partial charge in [0.05, 0.1) is 18.8 Å². The van der Waals surface area contributed by atoms with Crippen molar-refractivity contribution in [3.05, 3.63) is 89.6 Å². The number of hydrogen-bond donors (Lipinski definition) is 2. The minimum atomic E-state index is -0.235. The molecule has 5 nitrogen and oxygen atoms in total. The molecule has 2 N–H and O–H groups in total. The summed E-state index contributed by atoms with van der Waals surface area (Å²) in [7, 11) is 0. The van der Waals surface area contributed by atoms with Crippen molar-refractivity contribution < 1.29 is 9.13 Å². The average Bonchev–Trinajstić information content (AvgIpc) is 3.13. The number of nitrogens with zero attached hydrogens (tertiary/aromatic N) is 2. The molecule has 170 valence electrons. The molecule has 0 radical (unpaired) electrons. The number of hydrogen-bond acceptors (Lipinski definition) is 3. The van der Waals surface area contributed by atoms with Gasteiger partial charge in [0.1, 0.15) is 11.6 Å². The molecule has 0 amide bonds. The fourth-order valence-electron chi connectivity index (χ4n) is 3.87. The van der Waals surface area contributed by atoms with E-state index in [1.165, 1.54) is 6.07 Å². The smallest absolute Gasteiger partial charge is 0.173 e. The highest BCUT2D eigenvalue weighted by atomic mass is 32.1. The van der Waals surface area contributed by atoms with Crippen molar-refractivity contribution in [2.45, 2.75) is 26.8 Å². The van der Waals surface area contributed by atoms with Crippen LogP contribution in [0.25, 0.3) is 10.9 Å². The molecule has 0 aliphatic rings. The molecular formula is C26H27FN4OS. The molecule has 0 aliphatic carbocycles. The molecule has 0 saturated carbocycles. The number of ether oxygens (including phenoxy) is 1. The quantitative estimate of drug-likeness (QED) is 0.322. The van der Waals surface area contributed by atoms with E-state index in [4.69, 9.17) is 17.0 Å². The monoisotopic (exact) mass is 462 g/mol. The summed E-state index contributed by atoms with van der Waals surface area (Å²) >= 11 is 5.77. The molecule has 0 unspecified atom stereocenters. The van der Waals surface area contributed by atoms with E-state index in [0.717, 1.165) is 39.3 Å². The number of aromatic amines is 1. The minimum Gasteiger partial charge on any atom is -0.494 e. The number of nitrogens with one attached hydrogen (secondary N) is 2.